The van der Waals surface area contributed by atoms with Crippen LogP contribution in [0.15, 0.2) is 41.5 Å². The maximum Gasteiger partial charge on any atom is 0.164 e. The van der Waals surface area contributed by atoms with E-state index in [2.05, 4.69) is 16.8 Å². The monoisotopic (exact) mass is 385 g/mol. The second kappa shape index (κ2) is 7.31. The second-order valence-electron chi connectivity index (χ2n) is 6.59. The Hall–Kier alpha value is -2.41. The van der Waals surface area contributed by atoms with Gasteiger partial charge in [-0.05, 0) is 18.2 Å². The van der Waals surface area contributed by atoms with Crippen molar-refractivity contribution in [1.82, 2.24) is 9.88 Å². The molecule has 4 rings (SSSR count). The summed E-state index contributed by atoms with van der Waals surface area (Å²) in [5, 5.41) is 1.57. The molecule has 0 radical (unpaired) electrons. The van der Waals surface area contributed by atoms with Crippen LogP contribution in [0.1, 0.15) is 30.3 Å². The highest BCUT2D eigenvalue weighted by Crippen LogP contribution is 2.51. The van der Waals surface area contributed by atoms with Gasteiger partial charge in [0, 0.05) is 29.6 Å². The molecule has 0 N–H and O–H groups in total. The smallest absolute Gasteiger partial charge is 0.164 e. The molecule has 0 bridgehead atoms. The highest BCUT2D eigenvalue weighted by Gasteiger charge is 2.44. The van der Waals surface area contributed by atoms with Crippen LogP contribution in [0.2, 0.25) is 0 Å². The van der Waals surface area contributed by atoms with Gasteiger partial charge < -0.3 is 19.1 Å². The average molecular weight is 385 g/mol. The maximum atomic E-state index is 5.72. The third-order valence-corrected chi connectivity index (χ3v) is 6.04. The van der Waals surface area contributed by atoms with Gasteiger partial charge in [-0.3, -0.25) is 9.98 Å². The molecule has 2 aromatic rings. The van der Waals surface area contributed by atoms with Gasteiger partial charge in [0.1, 0.15) is 11.8 Å². The largest absolute Gasteiger partial charge is 0.496 e. The summed E-state index contributed by atoms with van der Waals surface area (Å²) in [6.07, 6.45) is 1.82. The molecule has 3 heterocycles. The first-order valence-electron chi connectivity index (χ1n) is 8.88. The number of rotatable bonds is 5. The summed E-state index contributed by atoms with van der Waals surface area (Å²) >= 11 is 1.82. The van der Waals surface area contributed by atoms with Crippen molar-refractivity contribution in [3.05, 3.63) is 47.8 Å². The van der Waals surface area contributed by atoms with Crippen molar-refractivity contribution in [3.8, 4) is 17.2 Å². The van der Waals surface area contributed by atoms with Crippen LogP contribution in [0.25, 0.3) is 0 Å². The van der Waals surface area contributed by atoms with Crippen LogP contribution in [0.4, 0.5) is 0 Å². The molecule has 0 spiro atoms. The lowest BCUT2D eigenvalue weighted by atomic mass is 9.95. The Morgan fingerprint density at radius 1 is 1.04 bits per heavy atom. The van der Waals surface area contributed by atoms with Gasteiger partial charge in [0.05, 0.1) is 33.1 Å². The minimum atomic E-state index is -0.0896. The molecule has 0 amide bonds. The lowest BCUT2D eigenvalue weighted by molar-refractivity contribution is 0.301. The molecule has 1 aromatic heterocycles. The number of fused-ring (bicyclic) bond motifs is 1. The fourth-order valence-electron chi connectivity index (χ4n) is 3.74. The number of benzene rings is 1. The molecule has 3 atom stereocenters. The minimum absolute atomic E-state index is 0.00195. The molecule has 1 saturated heterocycles. The molecule has 3 unspecified atom stereocenters. The second-order valence-corrected chi connectivity index (χ2v) is 7.99. The van der Waals surface area contributed by atoms with Crippen LogP contribution in [0.5, 0.6) is 17.2 Å². The third kappa shape index (κ3) is 3.10. The van der Waals surface area contributed by atoms with Gasteiger partial charge in [0.25, 0.3) is 0 Å². The van der Waals surface area contributed by atoms with E-state index >= 15 is 0 Å². The number of hydrogen-bond donors (Lipinski definition) is 0. The Morgan fingerprint density at radius 2 is 1.78 bits per heavy atom. The zero-order valence-electron chi connectivity index (χ0n) is 15.9. The Kier molecular flexibility index (Phi) is 4.86. The number of amidine groups is 1. The Bertz CT molecular complexity index is 859. The van der Waals surface area contributed by atoms with Crippen LogP contribution >= 0.6 is 11.8 Å². The van der Waals surface area contributed by atoms with Gasteiger partial charge >= 0.3 is 0 Å². The molecule has 142 valence electrons. The molecule has 1 aromatic carbocycles. The van der Waals surface area contributed by atoms with Crippen LogP contribution < -0.4 is 14.2 Å². The summed E-state index contributed by atoms with van der Waals surface area (Å²) in [7, 11) is 4.95. The number of nitrogens with zero attached hydrogens (tertiary/aromatic N) is 3. The number of hydrogen-bond acceptors (Lipinski definition) is 7. The first-order valence-corrected chi connectivity index (χ1v) is 9.76. The number of aliphatic imine (C=N–C) groups is 1. The molecule has 27 heavy (non-hydrogen) atoms. The summed E-state index contributed by atoms with van der Waals surface area (Å²) in [4.78, 5) is 12.0. The summed E-state index contributed by atoms with van der Waals surface area (Å²) in [6, 6.07) is 9.76. The predicted octanol–water partition coefficient (Wildman–Crippen LogP) is 3.70. The molecule has 6 nitrogen and oxygen atoms in total. The van der Waals surface area contributed by atoms with E-state index in [1.807, 2.05) is 48.3 Å². The van der Waals surface area contributed by atoms with Crippen molar-refractivity contribution in [2.45, 2.75) is 24.3 Å². The van der Waals surface area contributed by atoms with Gasteiger partial charge in [-0.15, -0.1) is 0 Å². The van der Waals surface area contributed by atoms with E-state index in [1.165, 1.54) is 0 Å². The van der Waals surface area contributed by atoms with E-state index in [4.69, 9.17) is 19.2 Å². The highest BCUT2D eigenvalue weighted by atomic mass is 32.2. The van der Waals surface area contributed by atoms with E-state index in [9.17, 15) is 0 Å². The highest BCUT2D eigenvalue weighted by molar-refractivity contribution is 8.14. The van der Waals surface area contributed by atoms with Gasteiger partial charge in [0.2, 0.25) is 0 Å². The molecule has 1 fully saturated rings. The van der Waals surface area contributed by atoms with Crippen LogP contribution in [0.3, 0.4) is 0 Å². The zero-order chi connectivity index (χ0) is 19.0. The first kappa shape index (κ1) is 18.0. The summed E-state index contributed by atoms with van der Waals surface area (Å²) in [5.41, 5.74) is 1.98. The number of methoxy groups -OCH3 is 3. The van der Waals surface area contributed by atoms with E-state index in [1.54, 1.807) is 21.3 Å². The Morgan fingerprint density at radius 3 is 2.44 bits per heavy atom. The number of ether oxygens (including phenoxy) is 3. The fraction of sp³-hybridized carbons (Fsp3) is 0.400. The molecular weight excluding hydrogens is 362 g/mol. The van der Waals surface area contributed by atoms with E-state index in [0.29, 0.717) is 16.7 Å². The third-order valence-electron chi connectivity index (χ3n) is 4.94. The molecule has 2 aliphatic rings. The van der Waals surface area contributed by atoms with Crippen LogP contribution in [-0.4, -0.2) is 48.2 Å². The molecule has 0 saturated carbocycles. The van der Waals surface area contributed by atoms with Gasteiger partial charge in [-0.1, -0.05) is 24.8 Å². The van der Waals surface area contributed by atoms with Crippen molar-refractivity contribution < 1.29 is 14.2 Å². The van der Waals surface area contributed by atoms with E-state index in [0.717, 1.165) is 28.7 Å². The lowest BCUT2D eigenvalue weighted by Gasteiger charge is -2.29. The van der Waals surface area contributed by atoms with Crippen molar-refractivity contribution in [2.24, 2.45) is 4.99 Å². The first-order chi connectivity index (χ1) is 13.2. The SMILES string of the molecule is COc1cc(OC)c(C2C(c3ccccn3)N=C3SC(C)CN32)cc1OC. The normalized spacial score (nSPS) is 23.8. The number of aromatic nitrogens is 1. The van der Waals surface area contributed by atoms with Gasteiger partial charge in [-0.2, -0.15) is 0 Å². The predicted molar refractivity (Wildman–Crippen MR) is 107 cm³/mol. The molecular formula is C20H23N3O3S. The minimum Gasteiger partial charge on any atom is -0.496 e. The summed E-state index contributed by atoms with van der Waals surface area (Å²) in [5.74, 6) is 2.09. The van der Waals surface area contributed by atoms with E-state index in [-0.39, 0.29) is 12.1 Å². The zero-order valence-corrected chi connectivity index (χ0v) is 16.7. The van der Waals surface area contributed by atoms with Crippen molar-refractivity contribution >= 4 is 16.9 Å². The summed E-state index contributed by atoms with van der Waals surface area (Å²) < 4.78 is 16.7. The fourth-order valence-corrected chi connectivity index (χ4v) is 4.83. The standard InChI is InChI=1S/C20H23N3O3S/c1-12-11-23-19(13-9-16(25-3)17(26-4)10-15(13)24-2)18(22-20(23)27-12)14-7-5-6-8-21-14/h5-10,12,18-19H,11H2,1-4H3. The number of pyridine rings is 1. The lowest BCUT2D eigenvalue weighted by Crippen LogP contribution is -2.29. The van der Waals surface area contributed by atoms with Crippen molar-refractivity contribution in [3.63, 3.8) is 0 Å². The average Bonchev–Trinajstić information content (AvgIpc) is 3.23. The quantitative estimate of drug-likeness (QED) is 0.782. The van der Waals surface area contributed by atoms with Crippen LogP contribution in [0, 0.1) is 0 Å². The molecule has 0 aliphatic carbocycles. The van der Waals surface area contributed by atoms with Crippen LogP contribution in [-0.2, 0) is 0 Å². The van der Waals surface area contributed by atoms with Gasteiger partial charge in [-0.25, -0.2) is 0 Å². The Balaban J connectivity index is 1.84. The van der Waals surface area contributed by atoms with E-state index < -0.39 is 0 Å². The molecule has 2 aliphatic heterocycles. The topological polar surface area (TPSA) is 56.2 Å². The van der Waals surface area contributed by atoms with Gasteiger partial charge in [0.15, 0.2) is 16.7 Å². The maximum absolute atomic E-state index is 5.72. The Labute approximate surface area is 163 Å². The van der Waals surface area contributed by atoms with Crippen molar-refractivity contribution in [1.29, 1.82) is 0 Å². The number of thioether (sulfide) groups is 1. The van der Waals surface area contributed by atoms with Crippen molar-refractivity contribution in [2.75, 3.05) is 27.9 Å². The summed E-state index contributed by atoms with van der Waals surface area (Å²) in [6.45, 7) is 3.17. The molecule has 7 heteroatoms.